The molecule has 0 unspecified atom stereocenters. The van der Waals surface area contributed by atoms with Crippen molar-refractivity contribution in [2.45, 2.75) is 35.6 Å². The van der Waals surface area contributed by atoms with Gasteiger partial charge >= 0.3 is 0 Å². The lowest BCUT2D eigenvalue weighted by Gasteiger charge is -2.16. The van der Waals surface area contributed by atoms with E-state index < -0.39 is 0 Å². The van der Waals surface area contributed by atoms with Crippen molar-refractivity contribution in [1.29, 1.82) is 5.26 Å². The van der Waals surface area contributed by atoms with Crippen molar-refractivity contribution in [1.82, 2.24) is 4.98 Å². The summed E-state index contributed by atoms with van der Waals surface area (Å²) >= 11 is 5.10. The summed E-state index contributed by atoms with van der Waals surface area (Å²) in [5, 5.41) is 10.2. The number of hydrogen-bond acceptors (Lipinski definition) is 3. The lowest BCUT2D eigenvalue weighted by atomic mass is 9.95. The minimum Gasteiger partial charge on any atom is -0.244 e. The lowest BCUT2D eigenvalue weighted by Crippen LogP contribution is -2.07. The van der Waals surface area contributed by atoms with E-state index in [1.807, 2.05) is 30.3 Å². The van der Waals surface area contributed by atoms with E-state index in [0.29, 0.717) is 5.56 Å². The molecule has 0 saturated carbocycles. The van der Waals surface area contributed by atoms with Crippen LogP contribution in [-0.2, 0) is 12.8 Å². The molecule has 20 heavy (non-hydrogen) atoms. The van der Waals surface area contributed by atoms with E-state index in [4.69, 9.17) is 4.98 Å². The van der Waals surface area contributed by atoms with Crippen LogP contribution in [0.3, 0.4) is 0 Å². The summed E-state index contributed by atoms with van der Waals surface area (Å²) in [7, 11) is 0. The molecule has 1 aliphatic carbocycles. The van der Waals surface area contributed by atoms with Crippen molar-refractivity contribution in [2.24, 2.45) is 0 Å². The molecule has 0 N–H and O–H groups in total. The fraction of sp³-hybridized carbons (Fsp3) is 0.250. The Bertz CT molecular complexity index is 691. The average Bonchev–Trinajstić information content (AvgIpc) is 2.49. The molecular weight excluding hydrogens is 332 g/mol. The first-order valence-corrected chi connectivity index (χ1v) is 8.24. The van der Waals surface area contributed by atoms with Crippen LogP contribution < -0.4 is 0 Å². The van der Waals surface area contributed by atoms with E-state index in [0.717, 1.165) is 27.2 Å². The van der Waals surface area contributed by atoms with Crippen molar-refractivity contribution in [3.63, 3.8) is 0 Å². The van der Waals surface area contributed by atoms with Crippen LogP contribution in [-0.4, -0.2) is 4.98 Å². The van der Waals surface area contributed by atoms with Gasteiger partial charge in [0.05, 0.1) is 5.56 Å². The Kier molecular flexibility index (Phi) is 4.09. The van der Waals surface area contributed by atoms with Gasteiger partial charge in [0.25, 0.3) is 0 Å². The van der Waals surface area contributed by atoms with E-state index in [-0.39, 0.29) is 0 Å². The number of rotatable bonds is 2. The van der Waals surface area contributed by atoms with Gasteiger partial charge in [0.1, 0.15) is 11.1 Å². The maximum atomic E-state index is 9.35. The summed E-state index contributed by atoms with van der Waals surface area (Å²) in [6.45, 7) is 0. The molecule has 0 atom stereocenters. The maximum Gasteiger partial charge on any atom is 0.119 e. The number of halogens is 1. The van der Waals surface area contributed by atoms with Crippen molar-refractivity contribution < 1.29 is 0 Å². The number of nitrogens with zero attached hydrogens (tertiary/aromatic N) is 2. The maximum absolute atomic E-state index is 9.35. The highest BCUT2D eigenvalue weighted by Gasteiger charge is 2.16. The number of fused-ring (bicyclic) bond motifs is 1. The molecule has 2 nitrogen and oxygen atoms in total. The molecule has 1 aliphatic rings. The molecular formula is C16H13BrN2S. The average molecular weight is 345 g/mol. The highest BCUT2D eigenvalue weighted by atomic mass is 79.9. The van der Waals surface area contributed by atoms with Crippen LogP contribution >= 0.6 is 27.7 Å². The van der Waals surface area contributed by atoms with Crippen LogP contribution in [0.25, 0.3) is 0 Å². The highest BCUT2D eigenvalue weighted by Crippen LogP contribution is 2.35. The molecule has 0 amide bonds. The monoisotopic (exact) mass is 344 g/mol. The molecule has 0 spiro atoms. The van der Waals surface area contributed by atoms with Crippen molar-refractivity contribution in [2.75, 3.05) is 0 Å². The van der Waals surface area contributed by atoms with Gasteiger partial charge in [-0.2, -0.15) is 5.26 Å². The van der Waals surface area contributed by atoms with Crippen LogP contribution in [0.1, 0.15) is 29.7 Å². The molecule has 0 saturated heterocycles. The molecule has 1 aromatic heterocycles. The second kappa shape index (κ2) is 5.99. The molecule has 0 fully saturated rings. The van der Waals surface area contributed by atoms with Crippen LogP contribution in [0, 0.1) is 11.3 Å². The normalized spacial score (nSPS) is 13.6. The Hall–Kier alpha value is -1.31. The largest absolute Gasteiger partial charge is 0.244 e. The predicted octanol–water partition coefficient (Wildman–Crippen LogP) is 4.75. The summed E-state index contributed by atoms with van der Waals surface area (Å²) < 4.78 is 1.04. The van der Waals surface area contributed by atoms with Gasteiger partial charge in [-0.3, -0.25) is 0 Å². The first-order chi connectivity index (χ1) is 9.78. The fourth-order valence-corrected chi connectivity index (χ4v) is 3.82. The number of nitriles is 1. The summed E-state index contributed by atoms with van der Waals surface area (Å²) in [6.07, 6.45) is 4.49. The SMILES string of the molecule is N#Cc1cc2c(nc1Sc1ccccc1Br)CCCC2. The fourth-order valence-electron chi connectivity index (χ4n) is 2.40. The third kappa shape index (κ3) is 2.74. The molecule has 100 valence electrons. The van der Waals surface area contributed by atoms with Crippen molar-refractivity contribution in [3.05, 3.63) is 51.6 Å². The molecule has 4 heteroatoms. The number of benzene rings is 1. The zero-order valence-corrected chi connectivity index (χ0v) is 13.3. The number of aromatic nitrogens is 1. The Morgan fingerprint density at radius 1 is 1.20 bits per heavy atom. The molecule has 3 rings (SSSR count). The first kappa shape index (κ1) is 13.7. The molecule has 0 aliphatic heterocycles. The quantitative estimate of drug-likeness (QED) is 0.788. The highest BCUT2D eigenvalue weighted by molar-refractivity contribution is 9.10. The minimum atomic E-state index is 0.686. The number of aryl methyl sites for hydroxylation is 2. The van der Waals surface area contributed by atoms with Crippen molar-refractivity contribution in [3.8, 4) is 6.07 Å². The van der Waals surface area contributed by atoms with E-state index in [2.05, 4.69) is 22.0 Å². The van der Waals surface area contributed by atoms with E-state index in [9.17, 15) is 5.26 Å². The van der Waals surface area contributed by atoms with E-state index in [1.165, 1.54) is 24.1 Å². The third-order valence-electron chi connectivity index (χ3n) is 3.43. The lowest BCUT2D eigenvalue weighted by molar-refractivity contribution is 0.660. The van der Waals surface area contributed by atoms with Gasteiger partial charge in [-0.25, -0.2) is 4.98 Å². The zero-order valence-electron chi connectivity index (χ0n) is 10.9. The van der Waals surface area contributed by atoms with Gasteiger partial charge in [0.2, 0.25) is 0 Å². The molecule has 0 bridgehead atoms. The number of pyridine rings is 1. The van der Waals surface area contributed by atoms with E-state index in [1.54, 1.807) is 11.8 Å². The summed E-state index contributed by atoms with van der Waals surface area (Å²) in [5.74, 6) is 0. The Morgan fingerprint density at radius 2 is 2.00 bits per heavy atom. The predicted molar refractivity (Wildman–Crippen MR) is 83.9 cm³/mol. The van der Waals surface area contributed by atoms with Gasteiger partial charge in [0.15, 0.2) is 0 Å². The Labute approximate surface area is 131 Å². The standard InChI is InChI=1S/C16H13BrN2S/c17-13-6-2-4-8-15(13)20-16-12(10-18)9-11-5-1-3-7-14(11)19-16/h2,4,6,8-9H,1,3,5,7H2. The smallest absolute Gasteiger partial charge is 0.119 e. The van der Waals surface area contributed by atoms with Gasteiger partial charge in [-0.05, 0) is 65.4 Å². The number of hydrogen-bond donors (Lipinski definition) is 0. The topological polar surface area (TPSA) is 36.7 Å². The molecule has 0 radical (unpaired) electrons. The summed E-state index contributed by atoms with van der Waals surface area (Å²) in [4.78, 5) is 5.83. The van der Waals surface area contributed by atoms with Crippen LogP contribution in [0.5, 0.6) is 0 Å². The Balaban J connectivity index is 2.01. The van der Waals surface area contributed by atoms with Crippen LogP contribution in [0.2, 0.25) is 0 Å². The summed E-state index contributed by atoms with van der Waals surface area (Å²) in [5.41, 5.74) is 3.11. The van der Waals surface area contributed by atoms with Gasteiger partial charge in [-0.15, -0.1) is 0 Å². The van der Waals surface area contributed by atoms with Gasteiger partial charge in [-0.1, -0.05) is 23.9 Å². The third-order valence-corrected chi connectivity index (χ3v) is 5.46. The zero-order chi connectivity index (χ0) is 13.9. The minimum absolute atomic E-state index is 0.686. The first-order valence-electron chi connectivity index (χ1n) is 6.63. The van der Waals surface area contributed by atoms with E-state index >= 15 is 0 Å². The van der Waals surface area contributed by atoms with Gasteiger partial charge < -0.3 is 0 Å². The second-order valence-electron chi connectivity index (χ2n) is 4.80. The van der Waals surface area contributed by atoms with Gasteiger partial charge in [0, 0.05) is 15.1 Å². The van der Waals surface area contributed by atoms with Crippen molar-refractivity contribution >= 4 is 27.7 Å². The Morgan fingerprint density at radius 3 is 2.80 bits per heavy atom. The molecule has 2 aromatic rings. The molecule has 1 heterocycles. The van der Waals surface area contributed by atoms with Crippen LogP contribution in [0.15, 0.2) is 44.7 Å². The molecule has 1 aromatic carbocycles. The van der Waals surface area contributed by atoms with Crippen LogP contribution in [0.4, 0.5) is 0 Å². The second-order valence-corrected chi connectivity index (χ2v) is 6.68. The summed E-state index contributed by atoms with van der Waals surface area (Å²) in [6, 6.07) is 12.3.